The number of carbonyl (C=O) groups excluding carboxylic acids is 3. The SMILES string of the molecule is CCC[C@H](C(=O)OCC)N1C(=O)[C@@H]2C[C@@H]3CCCCC3N2C(=O)[C@@H]1C. The monoisotopic (exact) mass is 350 g/mol. The lowest BCUT2D eigenvalue weighted by Crippen LogP contribution is -2.67. The lowest BCUT2D eigenvalue weighted by Gasteiger charge is -2.45. The second-order valence-electron chi connectivity index (χ2n) is 7.59. The summed E-state index contributed by atoms with van der Waals surface area (Å²) in [6, 6.07) is -1.41. The summed E-state index contributed by atoms with van der Waals surface area (Å²) in [5.74, 6) is -0.00960. The van der Waals surface area contributed by atoms with E-state index in [-0.39, 0.29) is 36.5 Å². The highest BCUT2D eigenvalue weighted by Crippen LogP contribution is 2.43. The molecule has 0 aromatic rings. The molecule has 25 heavy (non-hydrogen) atoms. The highest BCUT2D eigenvalue weighted by Gasteiger charge is 2.55. The largest absolute Gasteiger partial charge is 0.464 e. The zero-order valence-corrected chi connectivity index (χ0v) is 15.6. The third-order valence-corrected chi connectivity index (χ3v) is 6.11. The van der Waals surface area contributed by atoms with Crippen molar-refractivity contribution in [1.82, 2.24) is 9.80 Å². The van der Waals surface area contributed by atoms with E-state index in [9.17, 15) is 14.4 Å². The molecule has 1 unspecified atom stereocenters. The number of ether oxygens (including phenoxy) is 1. The fourth-order valence-electron chi connectivity index (χ4n) is 5.00. The van der Waals surface area contributed by atoms with Crippen LogP contribution in [-0.2, 0) is 19.1 Å². The first kappa shape index (κ1) is 18.2. The van der Waals surface area contributed by atoms with Gasteiger partial charge in [-0.3, -0.25) is 9.59 Å². The van der Waals surface area contributed by atoms with Crippen LogP contribution < -0.4 is 0 Å². The molecule has 2 saturated heterocycles. The predicted molar refractivity (Wildman–Crippen MR) is 92.6 cm³/mol. The van der Waals surface area contributed by atoms with E-state index in [1.165, 1.54) is 11.3 Å². The minimum atomic E-state index is -0.652. The molecule has 0 aromatic carbocycles. The van der Waals surface area contributed by atoms with Crippen LogP contribution in [0.1, 0.15) is 65.7 Å². The zero-order chi connectivity index (χ0) is 18.1. The van der Waals surface area contributed by atoms with Crippen molar-refractivity contribution < 1.29 is 19.1 Å². The van der Waals surface area contributed by atoms with E-state index in [1.54, 1.807) is 13.8 Å². The Morgan fingerprint density at radius 2 is 1.92 bits per heavy atom. The Morgan fingerprint density at radius 3 is 2.60 bits per heavy atom. The Labute approximate surface area is 149 Å². The first-order valence-electron chi connectivity index (χ1n) is 9.82. The van der Waals surface area contributed by atoms with Crippen molar-refractivity contribution in [3.8, 4) is 0 Å². The average Bonchev–Trinajstić information content (AvgIpc) is 2.99. The summed E-state index contributed by atoms with van der Waals surface area (Å²) in [7, 11) is 0. The highest BCUT2D eigenvalue weighted by molar-refractivity contribution is 5.99. The third-order valence-electron chi connectivity index (χ3n) is 6.11. The molecule has 2 amide bonds. The van der Waals surface area contributed by atoms with E-state index < -0.39 is 12.1 Å². The standard InChI is InChI=1S/C19H30N2O4/c1-4-8-15(19(24)25-5-2)20-12(3)17(22)21-14-10-7-6-9-13(14)11-16(21)18(20)23/h12-16H,4-11H2,1-3H3/t12-,13-,14?,15+,16-/m0/s1. The summed E-state index contributed by atoms with van der Waals surface area (Å²) in [6.45, 7) is 5.78. The van der Waals surface area contributed by atoms with E-state index >= 15 is 0 Å². The molecule has 2 heterocycles. The Morgan fingerprint density at radius 1 is 1.20 bits per heavy atom. The number of amides is 2. The van der Waals surface area contributed by atoms with Crippen LogP contribution in [0.2, 0.25) is 0 Å². The smallest absolute Gasteiger partial charge is 0.328 e. The van der Waals surface area contributed by atoms with Gasteiger partial charge in [-0.1, -0.05) is 26.2 Å². The molecule has 6 nitrogen and oxygen atoms in total. The summed E-state index contributed by atoms with van der Waals surface area (Å²) in [4.78, 5) is 42.2. The maximum atomic E-state index is 13.3. The van der Waals surface area contributed by atoms with Crippen LogP contribution in [0, 0.1) is 5.92 Å². The number of piperazine rings is 1. The van der Waals surface area contributed by atoms with Gasteiger partial charge in [0.05, 0.1) is 6.61 Å². The van der Waals surface area contributed by atoms with Crippen molar-refractivity contribution in [2.75, 3.05) is 6.61 Å². The summed E-state index contributed by atoms with van der Waals surface area (Å²) >= 11 is 0. The molecular formula is C19H30N2O4. The lowest BCUT2D eigenvalue weighted by atomic mass is 9.85. The van der Waals surface area contributed by atoms with Gasteiger partial charge >= 0.3 is 5.97 Å². The van der Waals surface area contributed by atoms with Crippen molar-refractivity contribution in [2.45, 2.75) is 89.9 Å². The molecule has 0 bridgehead atoms. The quantitative estimate of drug-likeness (QED) is 0.712. The number of nitrogens with zero attached hydrogens (tertiary/aromatic N) is 2. The molecule has 1 saturated carbocycles. The minimum absolute atomic E-state index is 0.00408. The van der Waals surface area contributed by atoms with Crippen LogP contribution in [0.25, 0.3) is 0 Å². The fourth-order valence-corrected chi connectivity index (χ4v) is 5.00. The molecule has 0 spiro atoms. The second kappa shape index (κ2) is 7.34. The van der Waals surface area contributed by atoms with Crippen molar-refractivity contribution in [1.29, 1.82) is 0 Å². The number of rotatable bonds is 5. The Kier molecular flexibility index (Phi) is 5.35. The summed E-state index contributed by atoms with van der Waals surface area (Å²) < 4.78 is 5.19. The zero-order valence-electron chi connectivity index (χ0n) is 15.6. The van der Waals surface area contributed by atoms with Gasteiger partial charge in [0.25, 0.3) is 0 Å². The number of hydrogen-bond acceptors (Lipinski definition) is 4. The highest BCUT2D eigenvalue weighted by atomic mass is 16.5. The Hall–Kier alpha value is -1.59. The number of hydrogen-bond donors (Lipinski definition) is 0. The van der Waals surface area contributed by atoms with Gasteiger partial charge in [0.2, 0.25) is 11.8 Å². The van der Waals surface area contributed by atoms with Crippen LogP contribution >= 0.6 is 0 Å². The van der Waals surface area contributed by atoms with Crippen molar-refractivity contribution in [3.63, 3.8) is 0 Å². The fraction of sp³-hybridized carbons (Fsp3) is 0.842. The van der Waals surface area contributed by atoms with E-state index in [4.69, 9.17) is 4.74 Å². The van der Waals surface area contributed by atoms with Crippen molar-refractivity contribution >= 4 is 17.8 Å². The van der Waals surface area contributed by atoms with Gasteiger partial charge in [0, 0.05) is 6.04 Å². The molecule has 5 atom stereocenters. The molecule has 6 heteroatoms. The van der Waals surface area contributed by atoms with E-state index in [2.05, 4.69) is 0 Å². The topological polar surface area (TPSA) is 66.9 Å². The molecule has 140 valence electrons. The summed E-state index contributed by atoms with van der Waals surface area (Å²) in [6.07, 6.45) is 6.46. The molecule has 0 aromatic heterocycles. The normalized spacial score (nSPS) is 33.1. The van der Waals surface area contributed by atoms with Crippen LogP contribution in [0.5, 0.6) is 0 Å². The minimum Gasteiger partial charge on any atom is -0.464 e. The van der Waals surface area contributed by atoms with Gasteiger partial charge in [0.15, 0.2) is 0 Å². The molecule has 3 rings (SSSR count). The maximum Gasteiger partial charge on any atom is 0.328 e. The van der Waals surface area contributed by atoms with Crippen LogP contribution in [-0.4, -0.2) is 58.4 Å². The van der Waals surface area contributed by atoms with E-state index in [0.717, 1.165) is 32.1 Å². The van der Waals surface area contributed by atoms with Gasteiger partial charge in [-0.15, -0.1) is 0 Å². The van der Waals surface area contributed by atoms with Gasteiger partial charge in [-0.2, -0.15) is 0 Å². The summed E-state index contributed by atoms with van der Waals surface area (Å²) in [5, 5.41) is 0. The van der Waals surface area contributed by atoms with Crippen LogP contribution in [0.4, 0.5) is 0 Å². The summed E-state index contributed by atoms with van der Waals surface area (Å²) in [5.41, 5.74) is 0. The van der Waals surface area contributed by atoms with Gasteiger partial charge < -0.3 is 14.5 Å². The third kappa shape index (κ3) is 3.04. The molecule has 3 aliphatic rings. The van der Waals surface area contributed by atoms with Gasteiger partial charge in [-0.05, 0) is 45.4 Å². The van der Waals surface area contributed by atoms with E-state index in [1.807, 2.05) is 11.8 Å². The Balaban J connectivity index is 1.88. The number of esters is 1. The molecule has 1 aliphatic carbocycles. The Bertz CT molecular complexity index is 550. The van der Waals surface area contributed by atoms with Crippen LogP contribution in [0.3, 0.4) is 0 Å². The molecule has 0 radical (unpaired) electrons. The molecule has 2 aliphatic heterocycles. The van der Waals surface area contributed by atoms with Crippen molar-refractivity contribution in [2.24, 2.45) is 5.92 Å². The van der Waals surface area contributed by atoms with Gasteiger partial charge in [-0.25, -0.2) is 4.79 Å². The van der Waals surface area contributed by atoms with Crippen LogP contribution in [0.15, 0.2) is 0 Å². The molecule has 0 N–H and O–H groups in total. The maximum absolute atomic E-state index is 13.3. The first-order chi connectivity index (χ1) is 12.0. The van der Waals surface area contributed by atoms with E-state index in [0.29, 0.717) is 12.3 Å². The van der Waals surface area contributed by atoms with Crippen molar-refractivity contribution in [3.05, 3.63) is 0 Å². The number of carbonyl (C=O) groups is 3. The van der Waals surface area contributed by atoms with Gasteiger partial charge in [0.1, 0.15) is 18.1 Å². The second-order valence-corrected chi connectivity index (χ2v) is 7.59. The number of fused-ring (bicyclic) bond motifs is 3. The average molecular weight is 350 g/mol. The lowest BCUT2D eigenvalue weighted by molar-refractivity contribution is -0.170. The molecule has 3 fully saturated rings. The predicted octanol–water partition coefficient (Wildman–Crippen LogP) is 2.11. The molecular weight excluding hydrogens is 320 g/mol. The first-order valence-corrected chi connectivity index (χ1v) is 9.82.